The average molecular weight is 217 g/mol. The molecule has 1 unspecified atom stereocenters. The molecule has 0 aliphatic carbocycles. The SMILES string of the molecule is CC1=C(C#N)C(C(F)(F)F)=CC(N)N1C. The zero-order chi connectivity index (χ0) is 11.8. The molecular weight excluding hydrogens is 207 g/mol. The molecule has 82 valence electrons. The molecule has 1 rings (SSSR count). The van der Waals surface area contributed by atoms with Crippen molar-refractivity contribution >= 4 is 0 Å². The Morgan fingerprint density at radius 2 is 2.07 bits per heavy atom. The maximum Gasteiger partial charge on any atom is 0.417 e. The second-order valence-corrected chi connectivity index (χ2v) is 3.25. The van der Waals surface area contributed by atoms with Crippen LogP contribution in [0.4, 0.5) is 13.2 Å². The van der Waals surface area contributed by atoms with Gasteiger partial charge in [-0.15, -0.1) is 0 Å². The zero-order valence-electron chi connectivity index (χ0n) is 8.26. The Kier molecular flexibility index (Phi) is 2.77. The van der Waals surface area contributed by atoms with Gasteiger partial charge in [0.1, 0.15) is 6.07 Å². The number of halogens is 3. The van der Waals surface area contributed by atoms with Crippen molar-refractivity contribution in [1.29, 1.82) is 5.26 Å². The molecule has 2 N–H and O–H groups in total. The van der Waals surface area contributed by atoms with Gasteiger partial charge in [-0.1, -0.05) is 0 Å². The number of rotatable bonds is 0. The highest BCUT2D eigenvalue weighted by molar-refractivity contribution is 5.50. The molecule has 0 spiro atoms. The fourth-order valence-corrected chi connectivity index (χ4v) is 1.34. The molecule has 6 heteroatoms. The minimum absolute atomic E-state index is 0.236. The summed E-state index contributed by atoms with van der Waals surface area (Å²) in [6.45, 7) is 1.44. The predicted molar refractivity (Wildman–Crippen MR) is 48.2 cm³/mol. The van der Waals surface area contributed by atoms with Crippen LogP contribution in [0, 0.1) is 11.3 Å². The van der Waals surface area contributed by atoms with Crippen molar-refractivity contribution in [3.8, 4) is 6.07 Å². The van der Waals surface area contributed by atoms with Crippen LogP contribution in [0.5, 0.6) is 0 Å². The van der Waals surface area contributed by atoms with E-state index in [0.29, 0.717) is 0 Å². The number of hydrogen-bond donors (Lipinski definition) is 1. The lowest BCUT2D eigenvalue weighted by Crippen LogP contribution is -2.41. The van der Waals surface area contributed by atoms with Gasteiger partial charge in [-0.2, -0.15) is 18.4 Å². The van der Waals surface area contributed by atoms with Crippen molar-refractivity contribution in [3.63, 3.8) is 0 Å². The van der Waals surface area contributed by atoms with E-state index in [1.165, 1.54) is 11.8 Å². The van der Waals surface area contributed by atoms with Gasteiger partial charge in [-0.25, -0.2) is 0 Å². The highest BCUT2D eigenvalue weighted by Gasteiger charge is 2.40. The molecule has 0 aromatic heterocycles. The Labute approximate surface area is 85.3 Å². The summed E-state index contributed by atoms with van der Waals surface area (Å²) in [5, 5.41) is 8.68. The van der Waals surface area contributed by atoms with Crippen LogP contribution in [0.1, 0.15) is 6.92 Å². The van der Waals surface area contributed by atoms with Gasteiger partial charge in [-0.05, 0) is 13.0 Å². The molecule has 1 aliphatic heterocycles. The minimum atomic E-state index is -4.54. The molecule has 0 amide bonds. The van der Waals surface area contributed by atoms with Gasteiger partial charge in [-0.3, -0.25) is 0 Å². The summed E-state index contributed by atoms with van der Waals surface area (Å²) in [5.74, 6) is 0. The van der Waals surface area contributed by atoms with Gasteiger partial charge in [0, 0.05) is 12.7 Å². The highest BCUT2D eigenvalue weighted by Crippen LogP contribution is 2.35. The number of likely N-dealkylation sites (N-methyl/N-ethyl adjacent to an activating group) is 1. The zero-order valence-corrected chi connectivity index (χ0v) is 8.26. The lowest BCUT2D eigenvalue weighted by atomic mass is 9.99. The summed E-state index contributed by atoms with van der Waals surface area (Å²) in [4.78, 5) is 1.42. The molecular formula is C9H10F3N3. The van der Waals surface area contributed by atoms with Crippen molar-refractivity contribution in [1.82, 2.24) is 4.90 Å². The van der Waals surface area contributed by atoms with Crippen LogP contribution in [0.25, 0.3) is 0 Å². The number of nitrogens with zero attached hydrogens (tertiary/aromatic N) is 2. The average Bonchev–Trinajstić information content (AvgIpc) is 2.12. The first-order valence-electron chi connectivity index (χ1n) is 4.17. The Hall–Kier alpha value is -1.48. The second-order valence-electron chi connectivity index (χ2n) is 3.25. The van der Waals surface area contributed by atoms with Crippen LogP contribution in [0.3, 0.4) is 0 Å². The molecule has 0 fully saturated rings. The maximum atomic E-state index is 12.5. The van der Waals surface area contributed by atoms with Crippen LogP contribution in [0.15, 0.2) is 22.9 Å². The Morgan fingerprint density at radius 3 is 2.47 bits per heavy atom. The summed E-state index contributed by atoms with van der Waals surface area (Å²) in [6.07, 6.45) is -4.53. The first-order valence-corrected chi connectivity index (χ1v) is 4.17. The van der Waals surface area contributed by atoms with E-state index >= 15 is 0 Å². The number of allylic oxidation sites excluding steroid dienone is 3. The molecule has 1 atom stereocenters. The summed E-state index contributed by atoms with van der Waals surface area (Å²) in [7, 11) is 1.54. The van der Waals surface area contributed by atoms with Crippen LogP contribution in [0.2, 0.25) is 0 Å². The number of nitriles is 1. The molecule has 0 aromatic carbocycles. The summed E-state index contributed by atoms with van der Waals surface area (Å²) in [6, 6.07) is 1.56. The number of alkyl halides is 3. The van der Waals surface area contributed by atoms with E-state index in [9.17, 15) is 13.2 Å². The Balaban J connectivity index is 3.29. The fraction of sp³-hybridized carbons (Fsp3) is 0.444. The van der Waals surface area contributed by atoms with Gasteiger partial charge >= 0.3 is 6.18 Å². The number of hydrogen-bond acceptors (Lipinski definition) is 3. The molecule has 15 heavy (non-hydrogen) atoms. The molecule has 3 nitrogen and oxygen atoms in total. The molecule has 0 saturated carbocycles. The smallest absolute Gasteiger partial charge is 0.358 e. The van der Waals surface area contributed by atoms with Gasteiger partial charge < -0.3 is 10.6 Å². The van der Waals surface area contributed by atoms with Crippen molar-refractivity contribution in [2.75, 3.05) is 7.05 Å². The van der Waals surface area contributed by atoms with E-state index in [2.05, 4.69) is 0 Å². The van der Waals surface area contributed by atoms with Gasteiger partial charge in [0.2, 0.25) is 0 Å². The maximum absolute atomic E-state index is 12.5. The first kappa shape index (κ1) is 11.6. The van der Waals surface area contributed by atoms with Crippen LogP contribution < -0.4 is 5.73 Å². The molecule has 1 heterocycles. The quantitative estimate of drug-likeness (QED) is 0.669. The van der Waals surface area contributed by atoms with E-state index in [4.69, 9.17) is 11.0 Å². The topological polar surface area (TPSA) is 53.1 Å². The van der Waals surface area contributed by atoms with Crippen LogP contribution in [-0.2, 0) is 0 Å². The monoisotopic (exact) mass is 217 g/mol. The van der Waals surface area contributed by atoms with Crippen molar-refractivity contribution in [3.05, 3.63) is 22.9 Å². The van der Waals surface area contributed by atoms with E-state index < -0.39 is 17.9 Å². The van der Waals surface area contributed by atoms with E-state index in [1.807, 2.05) is 0 Å². The summed E-state index contributed by atoms with van der Waals surface area (Å²) < 4.78 is 37.6. The largest absolute Gasteiger partial charge is 0.417 e. The van der Waals surface area contributed by atoms with Gasteiger partial charge in [0.25, 0.3) is 0 Å². The molecule has 0 radical (unpaired) electrons. The molecule has 0 aromatic rings. The minimum Gasteiger partial charge on any atom is -0.358 e. The van der Waals surface area contributed by atoms with E-state index in [-0.39, 0.29) is 11.3 Å². The summed E-state index contributed by atoms with van der Waals surface area (Å²) in [5.41, 5.74) is 4.39. The van der Waals surface area contributed by atoms with Gasteiger partial charge in [0.05, 0.1) is 17.3 Å². The standard InChI is InChI=1S/C9H10F3N3/c1-5-6(4-13)7(9(10,11)12)3-8(14)15(5)2/h3,8H,14H2,1-2H3. The third-order valence-electron chi connectivity index (χ3n) is 2.36. The second kappa shape index (κ2) is 3.59. The first-order chi connectivity index (χ1) is 6.79. The fourth-order valence-electron chi connectivity index (χ4n) is 1.34. The third-order valence-corrected chi connectivity index (χ3v) is 2.36. The Bertz CT molecular complexity index is 373. The predicted octanol–water partition coefficient (Wildman–Crippen LogP) is 1.50. The van der Waals surface area contributed by atoms with Crippen LogP contribution in [-0.4, -0.2) is 24.3 Å². The molecule has 0 saturated heterocycles. The van der Waals surface area contributed by atoms with E-state index in [1.54, 1.807) is 13.1 Å². The van der Waals surface area contributed by atoms with E-state index in [0.717, 1.165) is 6.08 Å². The van der Waals surface area contributed by atoms with Gasteiger partial charge in [0.15, 0.2) is 0 Å². The van der Waals surface area contributed by atoms with Crippen molar-refractivity contribution in [2.45, 2.75) is 19.3 Å². The summed E-state index contributed by atoms with van der Waals surface area (Å²) >= 11 is 0. The normalized spacial score (nSPS) is 22.6. The molecule has 1 aliphatic rings. The van der Waals surface area contributed by atoms with Crippen molar-refractivity contribution < 1.29 is 13.2 Å². The van der Waals surface area contributed by atoms with Crippen LogP contribution >= 0.6 is 0 Å². The Morgan fingerprint density at radius 1 is 1.53 bits per heavy atom. The molecule has 0 bridgehead atoms. The lowest BCUT2D eigenvalue weighted by molar-refractivity contribution is -0.0902. The van der Waals surface area contributed by atoms with Crippen molar-refractivity contribution in [2.24, 2.45) is 5.73 Å². The number of nitrogens with two attached hydrogens (primary N) is 1. The lowest BCUT2D eigenvalue weighted by Gasteiger charge is -2.31. The highest BCUT2D eigenvalue weighted by atomic mass is 19.4. The third kappa shape index (κ3) is 1.97.